The maximum atomic E-state index is 13.7. The molecule has 0 spiro atoms. The summed E-state index contributed by atoms with van der Waals surface area (Å²) >= 11 is 0. The quantitative estimate of drug-likeness (QED) is 0.471. The molecule has 1 unspecified atom stereocenters. The lowest BCUT2D eigenvalue weighted by molar-refractivity contribution is 0.0511. The van der Waals surface area contributed by atoms with Crippen LogP contribution in [0.3, 0.4) is 0 Å². The first-order chi connectivity index (χ1) is 17.2. The van der Waals surface area contributed by atoms with Gasteiger partial charge in [-0.05, 0) is 32.9 Å². The van der Waals surface area contributed by atoms with Crippen LogP contribution < -0.4 is 0 Å². The number of amides is 1. The highest BCUT2D eigenvalue weighted by Crippen LogP contribution is 2.27. The van der Waals surface area contributed by atoms with E-state index in [0.717, 1.165) is 0 Å². The Kier molecular flexibility index (Phi) is 7.46. The Labute approximate surface area is 210 Å². The zero-order valence-electron chi connectivity index (χ0n) is 20.4. The second-order valence-corrected chi connectivity index (χ2v) is 10.3. The molecule has 1 aliphatic heterocycles. The molecule has 1 aliphatic rings. The Morgan fingerprint density at radius 1 is 1.00 bits per heavy atom. The predicted molar refractivity (Wildman–Crippen MR) is 134 cm³/mol. The number of benzene rings is 2. The van der Waals surface area contributed by atoms with Gasteiger partial charge in [0.2, 0.25) is 10.0 Å². The molecule has 1 amide bonds. The van der Waals surface area contributed by atoms with E-state index in [4.69, 9.17) is 4.74 Å². The van der Waals surface area contributed by atoms with Gasteiger partial charge < -0.3 is 9.64 Å². The van der Waals surface area contributed by atoms with Crippen molar-refractivity contribution in [1.29, 1.82) is 0 Å². The van der Waals surface area contributed by atoms with Gasteiger partial charge >= 0.3 is 5.97 Å². The summed E-state index contributed by atoms with van der Waals surface area (Å²) in [7, 11) is -3.71. The van der Waals surface area contributed by atoms with Crippen molar-refractivity contribution in [3.8, 4) is 11.3 Å². The van der Waals surface area contributed by atoms with Gasteiger partial charge in [0.1, 0.15) is 17.1 Å². The van der Waals surface area contributed by atoms with Crippen LogP contribution in [0.4, 0.5) is 0 Å². The second kappa shape index (κ2) is 10.5. The van der Waals surface area contributed by atoms with Gasteiger partial charge in [-0.1, -0.05) is 48.5 Å². The largest absolute Gasteiger partial charge is 0.462 e. The number of sulfonamides is 1. The van der Waals surface area contributed by atoms with Crippen LogP contribution >= 0.6 is 0 Å². The second-order valence-electron chi connectivity index (χ2n) is 8.46. The third-order valence-electron chi connectivity index (χ3n) is 5.95. The number of hydrogen-bond acceptors (Lipinski definition) is 7. The van der Waals surface area contributed by atoms with E-state index in [9.17, 15) is 18.0 Å². The molecule has 36 heavy (non-hydrogen) atoms. The monoisotopic (exact) mass is 508 g/mol. The summed E-state index contributed by atoms with van der Waals surface area (Å²) in [5, 5.41) is 0. The normalized spacial score (nSPS) is 16.5. The summed E-state index contributed by atoms with van der Waals surface area (Å²) in [5.41, 5.74) is 0.937. The van der Waals surface area contributed by atoms with E-state index < -0.39 is 27.9 Å². The van der Waals surface area contributed by atoms with Gasteiger partial charge in [0.05, 0.1) is 17.2 Å². The Balaban J connectivity index is 1.67. The van der Waals surface area contributed by atoms with Crippen molar-refractivity contribution < 1.29 is 22.7 Å². The molecular weight excluding hydrogens is 480 g/mol. The highest BCUT2D eigenvalue weighted by Gasteiger charge is 2.37. The smallest absolute Gasteiger partial charge is 0.342 e. The summed E-state index contributed by atoms with van der Waals surface area (Å²) < 4.78 is 33.0. The number of carbonyl (C=O) groups excluding carboxylic acids is 2. The Morgan fingerprint density at radius 3 is 2.25 bits per heavy atom. The van der Waals surface area contributed by atoms with Crippen molar-refractivity contribution in [3.63, 3.8) is 0 Å². The third-order valence-corrected chi connectivity index (χ3v) is 7.98. The lowest BCUT2D eigenvalue weighted by atomic mass is 10.0. The van der Waals surface area contributed by atoms with Gasteiger partial charge in [-0.25, -0.2) is 23.2 Å². The lowest BCUT2D eigenvalue weighted by Crippen LogP contribution is -2.55. The number of nitrogens with zero attached hydrogens (tertiary/aromatic N) is 4. The number of aryl methyl sites for hydroxylation is 1. The number of rotatable bonds is 6. The summed E-state index contributed by atoms with van der Waals surface area (Å²) in [6.07, 6.45) is 0. The Bertz CT molecular complexity index is 1360. The number of ether oxygens (including phenoxy) is 1. The maximum absolute atomic E-state index is 13.7. The van der Waals surface area contributed by atoms with Crippen molar-refractivity contribution in [2.75, 3.05) is 26.2 Å². The Morgan fingerprint density at radius 2 is 1.64 bits per heavy atom. The molecule has 0 N–H and O–H groups in total. The standard InChI is InChI=1S/C26H28N4O5S/c1-4-35-26(32)22-23(20-11-7-5-8-12-20)27-19(3)28-24(22)25(31)29-15-16-30(18(2)17-29)36(33,34)21-13-9-6-10-14-21/h5-14,18H,4,15-17H2,1-3H3. The van der Waals surface area contributed by atoms with E-state index in [-0.39, 0.29) is 42.4 Å². The number of piperazine rings is 1. The molecule has 0 saturated carbocycles. The molecule has 2 heterocycles. The van der Waals surface area contributed by atoms with Crippen LogP contribution in [0.2, 0.25) is 0 Å². The molecule has 2 aromatic carbocycles. The first kappa shape index (κ1) is 25.5. The van der Waals surface area contributed by atoms with Crippen molar-refractivity contribution in [3.05, 3.63) is 77.7 Å². The number of hydrogen-bond donors (Lipinski definition) is 0. The minimum absolute atomic E-state index is 0.00522. The maximum Gasteiger partial charge on any atom is 0.342 e. The molecule has 1 fully saturated rings. The van der Waals surface area contributed by atoms with E-state index in [2.05, 4.69) is 9.97 Å². The van der Waals surface area contributed by atoms with Gasteiger partial charge in [0.25, 0.3) is 5.91 Å². The van der Waals surface area contributed by atoms with E-state index in [1.54, 1.807) is 63.2 Å². The molecule has 1 saturated heterocycles. The van der Waals surface area contributed by atoms with Gasteiger partial charge in [-0.2, -0.15) is 4.31 Å². The summed E-state index contributed by atoms with van der Waals surface area (Å²) in [6, 6.07) is 16.8. The first-order valence-corrected chi connectivity index (χ1v) is 13.2. The molecular formula is C26H28N4O5S. The number of aromatic nitrogens is 2. The Hall–Kier alpha value is -3.63. The number of esters is 1. The number of carbonyl (C=O) groups is 2. The van der Waals surface area contributed by atoms with Crippen molar-refractivity contribution >= 4 is 21.9 Å². The van der Waals surface area contributed by atoms with Gasteiger partial charge in [-0.3, -0.25) is 4.79 Å². The highest BCUT2D eigenvalue weighted by atomic mass is 32.2. The van der Waals surface area contributed by atoms with Crippen LogP contribution in [-0.4, -0.2) is 71.8 Å². The SMILES string of the molecule is CCOC(=O)c1c(C(=O)N2CCN(S(=O)(=O)c3ccccc3)C(C)C2)nc(C)nc1-c1ccccc1. The van der Waals surface area contributed by atoms with Crippen LogP contribution in [0.1, 0.15) is 40.5 Å². The summed E-state index contributed by atoms with van der Waals surface area (Å²) in [6.45, 7) is 5.65. The average molecular weight is 509 g/mol. The minimum Gasteiger partial charge on any atom is -0.462 e. The molecule has 4 rings (SSSR count). The van der Waals surface area contributed by atoms with E-state index in [1.807, 2.05) is 18.2 Å². The topological polar surface area (TPSA) is 110 Å². The van der Waals surface area contributed by atoms with Crippen LogP contribution in [-0.2, 0) is 14.8 Å². The minimum atomic E-state index is -3.71. The predicted octanol–water partition coefficient (Wildman–Crippen LogP) is 3.16. The van der Waals surface area contributed by atoms with E-state index in [0.29, 0.717) is 17.1 Å². The zero-order valence-corrected chi connectivity index (χ0v) is 21.2. The molecule has 3 aromatic rings. The van der Waals surface area contributed by atoms with Crippen LogP contribution in [0, 0.1) is 6.92 Å². The molecule has 0 bridgehead atoms. The average Bonchev–Trinajstić information content (AvgIpc) is 2.88. The molecule has 0 radical (unpaired) electrons. The molecule has 0 aliphatic carbocycles. The van der Waals surface area contributed by atoms with Crippen LogP contribution in [0.15, 0.2) is 65.6 Å². The highest BCUT2D eigenvalue weighted by molar-refractivity contribution is 7.89. The molecule has 1 aromatic heterocycles. The fourth-order valence-electron chi connectivity index (χ4n) is 4.29. The van der Waals surface area contributed by atoms with Gasteiger partial charge in [-0.15, -0.1) is 0 Å². The van der Waals surface area contributed by atoms with Gasteiger partial charge in [0, 0.05) is 31.2 Å². The first-order valence-electron chi connectivity index (χ1n) is 11.7. The fourth-order valence-corrected chi connectivity index (χ4v) is 5.92. The zero-order chi connectivity index (χ0) is 25.9. The van der Waals surface area contributed by atoms with Crippen molar-refractivity contribution in [2.45, 2.75) is 31.7 Å². The van der Waals surface area contributed by atoms with Crippen LogP contribution in [0.5, 0.6) is 0 Å². The summed E-state index contributed by atoms with van der Waals surface area (Å²) in [5.74, 6) is -0.814. The van der Waals surface area contributed by atoms with E-state index >= 15 is 0 Å². The lowest BCUT2D eigenvalue weighted by Gasteiger charge is -2.39. The molecule has 10 heteroatoms. The van der Waals surface area contributed by atoms with Crippen molar-refractivity contribution in [2.24, 2.45) is 0 Å². The summed E-state index contributed by atoms with van der Waals surface area (Å²) in [4.78, 5) is 37.2. The fraction of sp³-hybridized carbons (Fsp3) is 0.308. The van der Waals surface area contributed by atoms with Gasteiger partial charge in [0.15, 0.2) is 0 Å². The third kappa shape index (κ3) is 5.00. The van der Waals surface area contributed by atoms with Crippen LogP contribution in [0.25, 0.3) is 11.3 Å². The van der Waals surface area contributed by atoms with Crippen molar-refractivity contribution in [1.82, 2.24) is 19.2 Å². The molecule has 1 atom stereocenters. The molecule has 188 valence electrons. The molecule has 9 nitrogen and oxygen atoms in total. The van der Waals surface area contributed by atoms with E-state index in [1.165, 1.54) is 9.21 Å².